The highest BCUT2D eigenvalue weighted by Crippen LogP contribution is 2.39. The second-order valence-electron chi connectivity index (χ2n) is 5.69. The van der Waals surface area contributed by atoms with Gasteiger partial charge < -0.3 is 23.9 Å². The molecule has 1 heterocycles. The lowest BCUT2D eigenvalue weighted by Gasteiger charge is -2.17. The van der Waals surface area contributed by atoms with Gasteiger partial charge in [0, 0.05) is 12.1 Å². The SMILES string of the molecule is CCN(CC)CCON=C(c1cc(OC)c(OC)c(OC)c1)c1cccs1. The Hall–Kier alpha value is -2.25. The van der Waals surface area contributed by atoms with E-state index in [4.69, 9.17) is 19.0 Å². The van der Waals surface area contributed by atoms with Crippen molar-refractivity contribution in [3.05, 3.63) is 40.1 Å². The molecular weight excluding hydrogens is 364 g/mol. The zero-order chi connectivity index (χ0) is 19.6. The van der Waals surface area contributed by atoms with E-state index >= 15 is 0 Å². The summed E-state index contributed by atoms with van der Waals surface area (Å²) < 4.78 is 16.3. The molecule has 7 heteroatoms. The Morgan fingerprint density at radius 2 is 1.70 bits per heavy atom. The number of hydrogen-bond acceptors (Lipinski definition) is 7. The third-order valence-electron chi connectivity index (χ3n) is 4.24. The molecule has 0 aliphatic carbocycles. The molecule has 0 aliphatic heterocycles. The minimum Gasteiger partial charge on any atom is -0.493 e. The van der Waals surface area contributed by atoms with Gasteiger partial charge >= 0.3 is 0 Å². The van der Waals surface area contributed by atoms with Crippen molar-refractivity contribution in [2.75, 3.05) is 47.6 Å². The quantitative estimate of drug-likeness (QED) is 0.330. The van der Waals surface area contributed by atoms with Crippen molar-refractivity contribution in [3.63, 3.8) is 0 Å². The van der Waals surface area contributed by atoms with Crippen LogP contribution in [0.1, 0.15) is 24.3 Å². The lowest BCUT2D eigenvalue weighted by atomic mass is 10.1. The number of ether oxygens (including phenoxy) is 3. The van der Waals surface area contributed by atoms with Gasteiger partial charge in [-0.3, -0.25) is 0 Å². The number of thiophene rings is 1. The molecule has 0 fully saturated rings. The summed E-state index contributed by atoms with van der Waals surface area (Å²) in [5.74, 6) is 1.72. The summed E-state index contributed by atoms with van der Waals surface area (Å²) in [6, 6.07) is 7.77. The summed E-state index contributed by atoms with van der Waals surface area (Å²) in [6.45, 7) is 7.63. The van der Waals surface area contributed by atoms with Crippen LogP contribution in [0.25, 0.3) is 0 Å². The van der Waals surface area contributed by atoms with E-state index in [0.29, 0.717) is 23.9 Å². The number of oxime groups is 1. The molecule has 0 unspecified atom stereocenters. The van der Waals surface area contributed by atoms with E-state index in [-0.39, 0.29) is 0 Å². The maximum atomic E-state index is 5.65. The molecule has 0 spiro atoms. The first-order chi connectivity index (χ1) is 13.2. The van der Waals surface area contributed by atoms with Crippen molar-refractivity contribution in [2.45, 2.75) is 13.8 Å². The van der Waals surface area contributed by atoms with Crippen molar-refractivity contribution < 1.29 is 19.0 Å². The monoisotopic (exact) mass is 392 g/mol. The van der Waals surface area contributed by atoms with E-state index in [1.165, 1.54) is 0 Å². The molecule has 27 heavy (non-hydrogen) atoms. The molecule has 1 aromatic carbocycles. The van der Waals surface area contributed by atoms with E-state index in [0.717, 1.165) is 35.8 Å². The van der Waals surface area contributed by atoms with Crippen LogP contribution in [0.5, 0.6) is 17.2 Å². The van der Waals surface area contributed by atoms with Gasteiger partial charge in [-0.2, -0.15) is 0 Å². The third-order valence-corrected chi connectivity index (χ3v) is 5.12. The predicted octanol–water partition coefficient (Wildman–Crippen LogP) is 3.88. The first-order valence-electron chi connectivity index (χ1n) is 8.94. The van der Waals surface area contributed by atoms with Crippen LogP contribution in [-0.4, -0.2) is 58.2 Å². The van der Waals surface area contributed by atoms with E-state index in [1.54, 1.807) is 32.7 Å². The average molecular weight is 393 g/mol. The van der Waals surface area contributed by atoms with Crippen LogP contribution in [-0.2, 0) is 4.84 Å². The number of benzene rings is 1. The largest absolute Gasteiger partial charge is 0.493 e. The van der Waals surface area contributed by atoms with Crippen LogP contribution in [0.2, 0.25) is 0 Å². The van der Waals surface area contributed by atoms with E-state index in [9.17, 15) is 0 Å². The summed E-state index contributed by atoms with van der Waals surface area (Å²) in [6.07, 6.45) is 0. The lowest BCUT2D eigenvalue weighted by Crippen LogP contribution is -2.26. The molecule has 6 nitrogen and oxygen atoms in total. The van der Waals surface area contributed by atoms with Crippen molar-refractivity contribution in [1.29, 1.82) is 0 Å². The molecule has 0 bridgehead atoms. The second-order valence-corrected chi connectivity index (χ2v) is 6.64. The molecule has 0 saturated heterocycles. The first-order valence-corrected chi connectivity index (χ1v) is 9.82. The number of rotatable bonds is 11. The molecule has 0 radical (unpaired) electrons. The maximum Gasteiger partial charge on any atom is 0.203 e. The fourth-order valence-electron chi connectivity index (χ4n) is 2.69. The van der Waals surface area contributed by atoms with Crippen molar-refractivity contribution >= 4 is 17.0 Å². The Morgan fingerprint density at radius 1 is 1.04 bits per heavy atom. The highest BCUT2D eigenvalue weighted by molar-refractivity contribution is 7.12. The summed E-state index contributed by atoms with van der Waals surface area (Å²) in [5, 5.41) is 6.44. The first kappa shape index (κ1) is 21.1. The van der Waals surface area contributed by atoms with Crippen molar-refractivity contribution in [1.82, 2.24) is 4.90 Å². The molecule has 2 rings (SSSR count). The van der Waals surface area contributed by atoms with Crippen LogP contribution in [0.15, 0.2) is 34.8 Å². The van der Waals surface area contributed by atoms with E-state index < -0.39 is 0 Å². The Morgan fingerprint density at radius 3 is 2.19 bits per heavy atom. The zero-order valence-corrected chi connectivity index (χ0v) is 17.5. The van der Waals surface area contributed by atoms with Gasteiger partial charge in [0.15, 0.2) is 11.5 Å². The van der Waals surface area contributed by atoms with Crippen LogP contribution in [0.3, 0.4) is 0 Å². The molecule has 0 aliphatic rings. The molecule has 1 aromatic heterocycles. The summed E-state index contributed by atoms with van der Waals surface area (Å²) >= 11 is 1.60. The number of nitrogens with zero attached hydrogens (tertiary/aromatic N) is 2. The Kier molecular flexibility index (Phi) is 8.42. The van der Waals surface area contributed by atoms with Crippen LogP contribution < -0.4 is 14.2 Å². The zero-order valence-electron chi connectivity index (χ0n) is 16.7. The molecular formula is C20H28N2O4S. The third kappa shape index (κ3) is 5.37. The van der Waals surface area contributed by atoms with Gasteiger partial charge in [-0.1, -0.05) is 25.1 Å². The summed E-state index contributed by atoms with van der Waals surface area (Å²) in [7, 11) is 4.79. The molecule has 148 valence electrons. The standard InChI is InChI=1S/C20H28N2O4S/c1-6-22(7-2)10-11-26-21-19(18-9-8-12-27-18)15-13-16(23-3)20(25-5)17(14-15)24-4/h8-9,12-14H,6-7,10-11H2,1-5H3. The van der Waals surface area contributed by atoms with Gasteiger partial charge in [-0.05, 0) is 36.7 Å². The second kappa shape index (κ2) is 10.8. The van der Waals surface area contributed by atoms with E-state index in [1.807, 2.05) is 29.6 Å². The van der Waals surface area contributed by atoms with Gasteiger partial charge in [0.1, 0.15) is 12.3 Å². The van der Waals surface area contributed by atoms with Gasteiger partial charge in [-0.15, -0.1) is 11.3 Å². The molecule has 0 atom stereocenters. The van der Waals surface area contributed by atoms with Gasteiger partial charge in [0.25, 0.3) is 0 Å². The smallest absolute Gasteiger partial charge is 0.203 e. The highest BCUT2D eigenvalue weighted by Gasteiger charge is 2.18. The lowest BCUT2D eigenvalue weighted by molar-refractivity contribution is 0.114. The fraction of sp³-hybridized carbons (Fsp3) is 0.450. The molecule has 0 amide bonds. The van der Waals surface area contributed by atoms with Crippen LogP contribution in [0.4, 0.5) is 0 Å². The highest BCUT2D eigenvalue weighted by atomic mass is 32.1. The Labute approximate surface area is 165 Å². The maximum absolute atomic E-state index is 5.65. The van der Waals surface area contributed by atoms with Gasteiger partial charge in [-0.25, -0.2) is 0 Å². The van der Waals surface area contributed by atoms with E-state index in [2.05, 4.69) is 23.9 Å². The fourth-order valence-corrected chi connectivity index (χ4v) is 3.42. The number of methoxy groups -OCH3 is 3. The van der Waals surface area contributed by atoms with Gasteiger partial charge in [0.05, 0.1) is 26.2 Å². The topological polar surface area (TPSA) is 52.5 Å². The minimum absolute atomic E-state index is 0.529. The van der Waals surface area contributed by atoms with Crippen molar-refractivity contribution in [2.24, 2.45) is 5.16 Å². The number of likely N-dealkylation sites (N-methyl/N-ethyl adjacent to an activating group) is 1. The van der Waals surface area contributed by atoms with Crippen molar-refractivity contribution in [3.8, 4) is 17.2 Å². The molecule has 2 aromatic rings. The van der Waals surface area contributed by atoms with Crippen LogP contribution >= 0.6 is 11.3 Å². The normalized spacial score (nSPS) is 11.6. The average Bonchev–Trinajstić information content (AvgIpc) is 3.24. The molecule has 0 N–H and O–H groups in total. The Bertz CT molecular complexity index is 703. The summed E-state index contributed by atoms with van der Waals surface area (Å²) in [5.41, 5.74) is 1.58. The van der Waals surface area contributed by atoms with Gasteiger partial charge in [0.2, 0.25) is 5.75 Å². The molecule has 0 saturated carbocycles. The summed E-state index contributed by atoms with van der Waals surface area (Å²) in [4.78, 5) is 8.95. The predicted molar refractivity (Wildman–Crippen MR) is 110 cm³/mol. The Balaban J connectivity index is 2.33. The van der Waals surface area contributed by atoms with Crippen LogP contribution in [0, 0.1) is 0 Å². The number of hydrogen-bond donors (Lipinski definition) is 0. The minimum atomic E-state index is 0.529.